The molecule has 0 amide bonds. The zero-order chi connectivity index (χ0) is 35.5. The van der Waals surface area contributed by atoms with Crippen LogP contribution in [0, 0.1) is 0 Å². The van der Waals surface area contributed by atoms with Crippen LogP contribution < -0.4 is 16.8 Å². The van der Waals surface area contributed by atoms with Crippen LogP contribution in [0.5, 0.6) is 0 Å². The third-order valence-corrected chi connectivity index (χ3v) is 11.5. The molecule has 2 aromatic heterocycles. The standard InChI is InChI=1S/C43H45N7S2/c44-23-25-51-37-27-34(47-36(49-37)22-21-30-13-5-1-6-14-30)41-39(32-17-9-3-10-18-32)42(40(41)33-19-11-4-12-20-33)35-28-38(52-26-24-45)50-43(48-35)46-29-31-15-7-2-8-16-31/h1-20,27-28,39-42H,21-26,29,44-45H2,(H,46,48,50)/t39-,40-,41?,42?/m1/s1. The second-order valence-corrected chi connectivity index (χ2v) is 15.3. The molecular formula is C43H45N7S2. The fraction of sp³-hybridized carbons (Fsp3) is 0.256. The van der Waals surface area contributed by atoms with Crippen molar-refractivity contribution in [2.24, 2.45) is 11.5 Å². The minimum Gasteiger partial charge on any atom is -0.350 e. The summed E-state index contributed by atoms with van der Waals surface area (Å²) in [7, 11) is 0. The van der Waals surface area contributed by atoms with Gasteiger partial charge in [-0.3, -0.25) is 0 Å². The molecule has 0 radical (unpaired) electrons. The number of nitrogens with two attached hydrogens (primary N) is 2. The van der Waals surface area contributed by atoms with E-state index < -0.39 is 0 Å². The van der Waals surface area contributed by atoms with Crippen molar-refractivity contribution in [1.82, 2.24) is 19.9 Å². The summed E-state index contributed by atoms with van der Waals surface area (Å²) in [6.07, 6.45) is 1.64. The van der Waals surface area contributed by atoms with E-state index in [1.807, 2.05) is 6.07 Å². The van der Waals surface area contributed by atoms with E-state index in [4.69, 9.17) is 31.4 Å². The van der Waals surface area contributed by atoms with Crippen molar-refractivity contribution in [3.8, 4) is 0 Å². The SMILES string of the molecule is NCCSc1cc(C2[C@@H](c3ccccc3)C(c3cc(SCCN)nc(NCc4ccccc4)n3)[C@@H]2c2ccccc2)nc(CCc2ccccc2)n1. The lowest BCUT2D eigenvalue weighted by atomic mass is 9.50. The molecular weight excluding hydrogens is 679 g/mol. The van der Waals surface area contributed by atoms with E-state index in [9.17, 15) is 0 Å². The number of aryl methyl sites for hydroxylation is 2. The minimum absolute atomic E-state index is 0.0789. The number of hydrogen-bond donors (Lipinski definition) is 3. The molecule has 4 aromatic carbocycles. The van der Waals surface area contributed by atoms with Crippen LogP contribution in [0.2, 0.25) is 0 Å². The van der Waals surface area contributed by atoms with Crippen LogP contribution in [-0.4, -0.2) is 44.5 Å². The zero-order valence-electron chi connectivity index (χ0n) is 29.2. The van der Waals surface area contributed by atoms with Gasteiger partial charge in [-0.05, 0) is 40.8 Å². The maximum Gasteiger partial charge on any atom is 0.224 e. The van der Waals surface area contributed by atoms with Crippen molar-refractivity contribution in [3.05, 3.63) is 173 Å². The Labute approximate surface area is 315 Å². The number of benzene rings is 4. The van der Waals surface area contributed by atoms with Crippen molar-refractivity contribution in [2.75, 3.05) is 29.9 Å². The summed E-state index contributed by atoms with van der Waals surface area (Å²) in [6.45, 7) is 1.80. The molecule has 0 unspecified atom stereocenters. The van der Waals surface area contributed by atoms with Gasteiger partial charge in [-0.1, -0.05) is 121 Å². The quantitative estimate of drug-likeness (QED) is 0.0671. The maximum atomic E-state index is 5.98. The van der Waals surface area contributed by atoms with Crippen molar-refractivity contribution in [2.45, 2.75) is 53.1 Å². The van der Waals surface area contributed by atoms with Gasteiger partial charge in [-0.15, -0.1) is 23.5 Å². The van der Waals surface area contributed by atoms with Gasteiger partial charge < -0.3 is 16.8 Å². The molecule has 7 rings (SSSR count). The maximum absolute atomic E-state index is 5.98. The number of aromatic nitrogens is 4. The van der Waals surface area contributed by atoms with Crippen molar-refractivity contribution in [1.29, 1.82) is 0 Å². The molecule has 1 aliphatic carbocycles. The number of hydrogen-bond acceptors (Lipinski definition) is 9. The summed E-state index contributed by atoms with van der Waals surface area (Å²) in [5.74, 6) is 3.51. The Hall–Kier alpha value is -4.54. The van der Waals surface area contributed by atoms with E-state index >= 15 is 0 Å². The average molecular weight is 724 g/mol. The fourth-order valence-corrected chi connectivity index (χ4v) is 8.67. The van der Waals surface area contributed by atoms with E-state index in [1.165, 1.54) is 22.3 Å². The second kappa shape index (κ2) is 17.8. The van der Waals surface area contributed by atoms with E-state index in [0.717, 1.165) is 51.6 Å². The van der Waals surface area contributed by atoms with Gasteiger partial charge in [-0.2, -0.15) is 0 Å². The Bertz CT molecular complexity index is 1840. The molecule has 2 atom stereocenters. The van der Waals surface area contributed by atoms with Crippen molar-refractivity contribution in [3.63, 3.8) is 0 Å². The van der Waals surface area contributed by atoms with Gasteiger partial charge in [0.25, 0.3) is 0 Å². The van der Waals surface area contributed by atoms with Gasteiger partial charge in [0.2, 0.25) is 5.95 Å². The fourth-order valence-electron chi connectivity index (χ4n) is 7.28. The van der Waals surface area contributed by atoms with Gasteiger partial charge in [0, 0.05) is 66.9 Å². The molecule has 9 heteroatoms. The van der Waals surface area contributed by atoms with Crippen LogP contribution >= 0.6 is 23.5 Å². The van der Waals surface area contributed by atoms with Crippen LogP contribution in [0.25, 0.3) is 0 Å². The van der Waals surface area contributed by atoms with Gasteiger partial charge >= 0.3 is 0 Å². The number of nitrogens with zero attached hydrogens (tertiary/aromatic N) is 4. The lowest BCUT2D eigenvalue weighted by molar-refractivity contribution is 0.219. The number of thioether (sulfide) groups is 2. The number of anilines is 1. The summed E-state index contributed by atoms with van der Waals surface area (Å²) in [5, 5.41) is 5.45. The van der Waals surface area contributed by atoms with E-state index in [2.05, 4.69) is 133 Å². The monoisotopic (exact) mass is 723 g/mol. The van der Waals surface area contributed by atoms with Crippen LogP contribution in [0.3, 0.4) is 0 Å². The van der Waals surface area contributed by atoms with Crippen LogP contribution in [0.15, 0.2) is 144 Å². The van der Waals surface area contributed by atoms with Gasteiger partial charge in [0.15, 0.2) is 0 Å². The highest BCUT2D eigenvalue weighted by Crippen LogP contribution is 2.66. The van der Waals surface area contributed by atoms with Crippen LogP contribution in [0.1, 0.15) is 63.1 Å². The van der Waals surface area contributed by atoms with Gasteiger partial charge in [-0.25, -0.2) is 19.9 Å². The average Bonchev–Trinajstić information content (AvgIpc) is 3.19. The first-order valence-electron chi connectivity index (χ1n) is 18.0. The Morgan fingerprint density at radius 1 is 0.500 bits per heavy atom. The molecule has 0 saturated heterocycles. The van der Waals surface area contributed by atoms with E-state index in [-0.39, 0.29) is 23.7 Å². The zero-order valence-corrected chi connectivity index (χ0v) is 30.9. The molecule has 5 N–H and O–H groups in total. The summed E-state index contributed by atoms with van der Waals surface area (Å²) in [6, 6.07) is 47.1. The van der Waals surface area contributed by atoms with E-state index in [0.29, 0.717) is 25.6 Å². The summed E-state index contributed by atoms with van der Waals surface area (Å²) >= 11 is 3.39. The Morgan fingerprint density at radius 3 is 1.52 bits per heavy atom. The highest BCUT2D eigenvalue weighted by atomic mass is 32.2. The third kappa shape index (κ3) is 8.73. The Morgan fingerprint density at radius 2 is 0.981 bits per heavy atom. The van der Waals surface area contributed by atoms with Crippen molar-refractivity contribution < 1.29 is 0 Å². The Balaban J connectivity index is 1.32. The normalized spacial score (nSPS) is 18.1. The first kappa shape index (κ1) is 35.8. The summed E-state index contributed by atoms with van der Waals surface area (Å²) in [4.78, 5) is 20.7. The highest BCUT2D eigenvalue weighted by molar-refractivity contribution is 7.99. The van der Waals surface area contributed by atoms with Gasteiger partial charge in [0.05, 0.1) is 5.69 Å². The molecule has 0 aliphatic heterocycles. The van der Waals surface area contributed by atoms with E-state index in [1.54, 1.807) is 23.5 Å². The minimum atomic E-state index is 0.0789. The lowest BCUT2D eigenvalue weighted by Crippen LogP contribution is -2.41. The topological polar surface area (TPSA) is 116 Å². The largest absolute Gasteiger partial charge is 0.350 e. The molecule has 6 aromatic rings. The van der Waals surface area contributed by atoms with Crippen LogP contribution in [-0.2, 0) is 19.4 Å². The van der Waals surface area contributed by atoms with Gasteiger partial charge in [0.1, 0.15) is 15.9 Å². The molecule has 1 aliphatic rings. The number of rotatable bonds is 16. The molecule has 52 heavy (non-hydrogen) atoms. The number of nitrogens with one attached hydrogen (secondary N) is 1. The third-order valence-electron chi connectivity index (χ3n) is 9.60. The molecule has 1 fully saturated rings. The molecule has 0 bridgehead atoms. The first-order valence-corrected chi connectivity index (χ1v) is 20.0. The van der Waals surface area contributed by atoms with Crippen LogP contribution in [0.4, 0.5) is 5.95 Å². The molecule has 264 valence electrons. The smallest absolute Gasteiger partial charge is 0.224 e. The summed E-state index contributed by atoms with van der Waals surface area (Å²) < 4.78 is 0. The summed E-state index contributed by atoms with van der Waals surface area (Å²) in [5.41, 5.74) is 19.1. The second-order valence-electron chi connectivity index (χ2n) is 13.0. The molecule has 2 heterocycles. The predicted molar refractivity (Wildman–Crippen MR) is 215 cm³/mol. The first-order chi connectivity index (χ1) is 25.7. The lowest BCUT2D eigenvalue weighted by Gasteiger charge is -2.52. The molecule has 0 spiro atoms. The molecule has 7 nitrogen and oxygen atoms in total. The predicted octanol–water partition coefficient (Wildman–Crippen LogP) is 8.21. The molecule has 1 saturated carbocycles. The highest BCUT2D eigenvalue weighted by Gasteiger charge is 2.54. The Kier molecular flexibility index (Phi) is 12.3. The van der Waals surface area contributed by atoms with Crippen molar-refractivity contribution >= 4 is 29.5 Å².